The number of alkyl halides is 3. The molecule has 6 heteroatoms. The molecule has 1 aliphatic rings. The number of aromatic nitrogens is 1. The van der Waals surface area contributed by atoms with Gasteiger partial charge >= 0.3 is 6.18 Å². The topological polar surface area (TPSA) is 19.4 Å². The highest BCUT2D eigenvalue weighted by atomic mass is 19.4. The summed E-state index contributed by atoms with van der Waals surface area (Å²) in [7, 11) is 0. The smallest absolute Gasteiger partial charge is 0.354 e. The van der Waals surface area contributed by atoms with Crippen LogP contribution in [0.2, 0.25) is 0 Å². The summed E-state index contributed by atoms with van der Waals surface area (Å²) in [4.78, 5) is 8.74. The van der Waals surface area contributed by atoms with Crippen LogP contribution >= 0.6 is 0 Å². The molecule has 1 aromatic heterocycles. The molecule has 3 nitrogen and oxygen atoms in total. The fourth-order valence-electron chi connectivity index (χ4n) is 3.01. The minimum Gasteiger partial charge on any atom is -0.354 e. The summed E-state index contributed by atoms with van der Waals surface area (Å²) in [6.45, 7) is 7.67. The fraction of sp³-hybridized carbons (Fsp3) is 0.471. The van der Waals surface area contributed by atoms with Crippen molar-refractivity contribution in [1.82, 2.24) is 9.88 Å². The van der Waals surface area contributed by atoms with Gasteiger partial charge in [-0.3, -0.25) is 4.90 Å². The van der Waals surface area contributed by atoms with E-state index in [1.165, 1.54) is 6.07 Å². The maximum absolute atomic E-state index is 13.2. The number of hydrogen-bond acceptors (Lipinski definition) is 3. The number of rotatable bonds is 2. The van der Waals surface area contributed by atoms with E-state index in [9.17, 15) is 13.2 Å². The quantitative estimate of drug-likeness (QED) is 0.838. The first-order valence-electron chi connectivity index (χ1n) is 7.82. The van der Waals surface area contributed by atoms with Gasteiger partial charge in [0, 0.05) is 37.6 Å². The van der Waals surface area contributed by atoms with E-state index in [0.717, 1.165) is 32.2 Å². The Morgan fingerprint density at radius 3 is 2.30 bits per heavy atom. The molecule has 0 amide bonds. The van der Waals surface area contributed by atoms with Crippen molar-refractivity contribution in [2.24, 2.45) is 0 Å². The molecular formula is C17H20F3N3. The molecule has 0 bridgehead atoms. The minimum atomic E-state index is -4.39. The molecule has 0 unspecified atom stereocenters. The van der Waals surface area contributed by atoms with Gasteiger partial charge in [0.05, 0.1) is 11.1 Å². The molecule has 0 spiro atoms. The maximum Gasteiger partial charge on any atom is 0.418 e. The summed E-state index contributed by atoms with van der Waals surface area (Å²) in [5.41, 5.74) is -0.638. The van der Waals surface area contributed by atoms with Crippen molar-refractivity contribution >= 4 is 16.7 Å². The zero-order valence-corrected chi connectivity index (χ0v) is 13.3. The number of hydrogen-bond donors (Lipinski definition) is 0. The van der Waals surface area contributed by atoms with Crippen molar-refractivity contribution in [3.8, 4) is 0 Å². The largest absolute Gasteiger partial charge is 0.418 e. The lowest BCUT2D eigenvalue weighted by molar-refractivity contribution is -0.136. The molecule has 0 atom stereocenters. The van der Waals surface area contributed by atoms with Gasteiger partial charge in [-0.05, 0) is 32.0 Å². The van der Waals surface area contributed by atoms with Gasteiger partial charge in [0.15, 0.2) is 0 Å². The molecule has 2 aromatic rings. The molecule has 0 aliphatic carbocycles. The van der Waals surface area contributed by atoms with Crippen molar-refractivity contribution in [3.05, 3.63) is 35.9 Å². The van der Waals surface area contributed by atoms with Gasteiger partial charge in [-0.2, -0.15) is 13.2 Å². The van der Waals surface area contributed by atoms with Crippen LogP contribution in [0.15, 0.2) is 30.3 Å². The van der Waals surface area contributed by atoms with Crippen molar-refractivity contribution in [3.63, 3.8) is 0 Å². The number of nitrogens with zero attached hydrogens (tertiary/aromatic N) is 3. The molecule has 1 saturated heterocycles. The van der Waals surface area contributed by atoms with Gasteiger partial charge in [-0.1, -0.05) is 12.1 Å². The third-order valence-electron chi connectivity index (χ3n) is 4.38. The van der Waals surface area contributed by atoms with E-state index in [-0.39, 0.29) is 5.52 Å². The van der Waals surface area contributed by atoms with E-state index in [0.29, 0.717) is 17.2 Å². The van der Waals surface area contributed by atoms with Gasteiger partial charge in [0.25, 0.3) is 0 Å². The summed E-state index contributed by atoms with van der Waals surface area (Å²) in [6.07, 6.45) is -4.39. The summed E-state index contributed by atoms with van der Waals surface area (Å²) < 4.78 is 39.5. The van der Waals surface area contributed by atoms with Crippen LogP contribution in [0, 0.1) is 0 Å². The Hall–Kier alpha value is -1.82. The van der Waals surface area contributed by atoms with E-state index in [1.54, 1.807) is 12.1 Å². The number of fused-ring (bicyclic) bond motifs is 1. The number of para-hydroxylation sites is 1. The second-order valence-corrected chi connectivity index (χ2v) is 6.16. The van der Waals surface area contributed by atoms with E-state index in [1.807, 2.05) is 6.07 Å². The van der Waals surface area contributed by atoms with Crippen molar-refractivity contribution in [2.75, 3.05) is 31.1 Å². The molecule has 0 radical (unpaired) electrons. The fourth-order valence-corrected chi connectivity index (χ4v) is 3.01. The molecular weight excluding hydrogens is 303 g/mol. The minimum absolute atomic E-state index is 0.0313. The Morgan fingerprint density at radius 2 is 1.70 bits per heavy atom. The highest BCUT2D eigenvalue weighted by molar-refractivity contribution is 5.84. The van der Waals surface area contributed by atoms with Crippen LogP contribution in [0.1, 0.15) is 19.4 Å². The molecule has 2 heterocycles. The third-order valence-corrected chi connectivity index (χ3v) is 4.38. The molecule has 0 N–H and O–H groups in total. The highest BCUT2D eigenvalue weighted by Crippen LogP contribution is 2.34. The maximum atomic E-state index is 13.2. The zero-order valence-electron chi connectivity index (χ0n) is 13.3. The van der Waals surface area contributed by atoms with E-state index >= 15 is 0 Å². The van der Waals surface area contributed by atoms with Crippen LogP contribution in [0.5, 0.6) is 0 Å². The SMILES string of the molecule is CC(C)N1CCN(c2ccc3cccc(C(F)(F)F)c3n2)CC1. The lowest BCUT2D eigenvalue weighted by Gasteiger charge is -2.37. The van der Waals surface area contributed by atoms with E-state index in [2.05, 4.69) is 28.6 Å². The Kier molecular flexibility index (Phi) is 4.19. The molecule has 0 saturated carbocycles. The summed E-state index contributed by atoms with van der Waals surface area (Å²) in [6, 6.07) is 8.20. The zero-order chi connectivity index (χ0) is 16.6. The van der Waals surface area contributed by atoms with Crippen LogP contribution in [-0.4, -0.2) is 42.1 Å². The van der Waals surface area contributed by atoms with Crippen molar-refractivity contribution < 1.29 is 13.2 Å². The average molecular weight is 323 g/mol. The lowest BCUT2D eigenvalue weighted by atomic mass is 10.1. The highest BCUT2D eigenvalue weighted by Gasteiger charge is 2.33. The van der Waals surface area contributed by atoms with Crippen LogP contribution in [0.4, 0.5) is 19.0 Å². The summed E-state index contributed by atoms with van der Waals surface area (Å²) >= 11 is 0. The lowest BCUT2D eigenvalue weighted by Crippen LogP contribution is -2.49. The van der Waals surface area contributed by atoms with E-state index < -0.39 is 11.7 Å². The first-order valence-corrected chi connectivity index (χ1v) is 7.82. The number of anilines is 1. The number of benzene rings is 1. The first kappa shape index (κ1) is 16.1. The van der Waals surface area contributed by atoms with Crippen LogP contribution in [-0.2, 0) is 6.18 Å². The van der Waals surface area contributed by atoms with Crippen LogP contribution in [0.3, 0.4) is 0 Å². The molecule has 3 rings (SSSR count). The molecule has 1 aromatic carbocycles. The monoisotopic (exact) mass is 323 g/mol. The van der Waals surface area contributed by atoms with Gasteiger partial charge < -0.3 is 4.90 Å². The van der Waals surface area contributed by atoms with Gasteiger partial charge in [-0.25, -0.2) is 4.98 Å². The predicted molar refractivity (Wildman–Crippen MR) is 85.7 cm³/mol. The number of piperazine rings is 1. The van der Waals surface area contributed by atoms with Gasteiger partial charge in [0.2, 0.25) is 0 Å². The Balaban J connectivity index is 1.91. The molecule has 1 fully saturated rings. The summed E-state index contributed by atoms with van der Waals surface area (Å²) in [5, 5.41) is 0.518. The van der Waals surface area contributed by atoms with Crippen LogP contribution in [0.25, 0.3) is 10.9 Å². The molecule has 124 valence electrons. The second kappa shape index (κ2) is 6.00. The average Bonchev–Trinajstić information content (AvgIpc) is 2.53. The van der Waals surface area contributed by atoms with Crippen molar-refractivity contribution in [2.45, 2.75) is 26.1 Å². The Morgan fingerprint density at radius 1 is 1.00 bits per heavy atom. The Labute approximate surface area is 133 Å². The third kappa shape index (κ3) is 3.27. The van der Waals surface area contributed by atoms with Gasteiger partial charge in [0.1, 0.15) is 5.82 Å². The first-order chi connectivity index (χ1) is 10.9. The number of halogens is 3. The van der Waals surface area contributed by atoms with Gasteiger partial charge in [-0.15, -0.1) is 0 Å². The summed E-state index contributed by atoms with van der Waals surface area (Å²) in [5.74, 6) is 0.623. The predicted octanol–water partition coefficient (Wildman–Crippen LogP) is 3.78. The standard InChI is InChI=1S/C17H20F3N3/c1-12(2)22-8-10-23(11-9-22)15-7-6-13-4-3-5-14(16(13)21-15)17(18,19)20/h3-7,12H,8-11H2,1-2H3. The second-order valence-electron chi connectivity index (χ2n) is 6.16. The van der Waals surface area contributed by atoms with Crippen LogP contribution < -0.4 is 4.90 Å². The molecule has 23 heavy (non-hydrogen) atoms. The molecule has 1 aliphatic heterocycles. The van der Waals surface area contributed by atoms with Crippen molar-refractivity contribution in [1.29, 1.82) is 0 Å². The Bertz CT molecular complexity index is 689. The number of pyridine rings is 1. The van der Waals surface area contributed by atoms with E-state index in [4.69, 9.17) is 0 Å². The normalized spacial score (nSPS) is 17.2.